The second-order valence-electron chi connectivity index (χ2n) is 17.1. The van der Waals surface area contributed by atoms with Crippen molar-refractivity contribution in [3.8, 4) is 11.5 Å². The number of nitrogen functional groups attached to an aromatic ring is 2. The van der Waals surface area contributed by atoms with Gasteiger partial charge < -0.3 is 21.7 Å². The Labute approximate surface area is 453 Å². The quantitative estimate of drug-likeness (QED) is 0.0226. The van der Waals surface area contributed by atoms with Gasteiger partial charge in [0.25, 0.3) is 40.5 Å². The van der Waals surface area contributed by atoms with Gasteiger partial charge in [0.15, 0.2) is 23.1 Å². The number of azo groups is 4. The Hall–Kier alpha value is -9.14. The van der Waals surface area contributed by atoms with Gasteiger partial charge in [0.1, 0.15) is 38.4 Å². The smallest absolute Gasteiger partial charge is 0.299 e. The van der Waals surface area contributed by atoms with E-state index in [1.54, 1.807) is 0 Å². The number of benzene rings is 8. The third-order valence-electron chi connectivity index (χ3n) is 12.1. The summed E-state index contributed by atoms with van der Waals surface area (Å²) in [5, 5.41) is 56.1. The molecule has 1 aliphatic rings. The lowest BCUT2D eigenvalue weighted by atomic mass is 9.82. The van der Waals surface area contributed by atoms with E-state index in [1.807, 2.05) is 0 Å². The number of phenols is 2. The number of hydrogen-bond acceptors (Lipinski definition) is 24. The first-order chi connectivity index (χ1) is 37.8. The molecule has 30 heteroatoms. The fourth-order valence-corrected chi connectivity index (χ4v) is 11.4. The Bertz CT molecular complexity index is 4590. The zero-order valence-electron chi connectivity index (χ0n) is 41.0. The van der Waals surface area contributed by atoms with E-state index in [0.29, 0.717) is 0 Å². The van der Waals surface area contributed by atoms with Gasteiger partial charge in [-0.05, 0) is 72.3 Å². The molecule has 0 saturated heterocycles. The van der Waals surface area contributed by atoms with Gasteiger partial charge in [-0.3, -0.25) is 27.1 Å². The average molecular weight is 1160 g/mol. The van der Waals surface area contributed by atoms with E-state index in [0.717, 1.165) is 20.3 Å². The van der Waals surface area contributed by atoms with E-state index in [-0.39, 0.29) is 105 Å². The maximum atomic E-state index is 14.5. The highest BCUT2D eigenvalue weighted by atomic mass is 32.2. The number of anilines is 2. The molecule has 408 valence electrons. The zero-order valence-corrected chi connectivity index (χ0v) is 44.3. The van der Waals surface area contributed by atoms with E-state index in [9.17, 15) is 62.6 Å². The fourth-order valence-electron chi connectivity index (χ4n) is 8.55. The van der Waals surface area contributed by atoms with Crippen molar-refractivity contribution in [3.05, 3.63) is 155 Å². The number of rotatable bonds is 16. The largest absolute Gasteiger partial charge is 0.505 e. The Balaban J connectivity index is 1.10. The van der Waals surface area contributed by atoms with Crippen LogP contribution in [0.2, 0.25) is 0 Å². The molecule has 1 aliphatic carbocycles. The Morgan fingerprint density at radius 2 is 0.850 bits per heavy atom. The highest BCUT2D eigenvalue weighted by Crippen LogP contribution is 2.49. The van der Waals surface area contributed by atoms with Gasteiger partial charge in [-0.1, -0.05) is 54.6 Å². The van der Waals surface area contributed by atoms with Gasteiger partial charge in [0, 0.05) is 38.8 Å². The first kappa shape index (κ1) is 55.6. The van der Waals surface area contributed by atoms with Gasteiger partial charge in [0.2, 0.25) is 0 Å². The molecule has 0 aliphatic heterocycles. The summed E-state index contributed by atoms with van der Waals surface area (Å²) in [5.74, 6) is -5.19. The van der Waals surface area contributed by atoms with E-state index in [4.69, 9.17) is 15.7 Å². The average Bonchev–Trinajstić information content (AvgIpc) is 3.44. The summed E-state index contributed by atoms with van der Waals surface area (Å²) in [6.07, 6.45) is 0. The molecule has 8 N–H and O–H groups in total. The maximum absolute atomic E-state index is 14.5. The standard InChI is InChI=1S/C50H38N10O16S4/c1-75-79(71,72)39-16-6-5-13-36(39)56-55-35-20-18-32(52)42-30(35)22-40(80(73,74)76-2)46(50(42)64)60-58-38-15-8-11-28-44(38)48(62)27-10-7-14-37(43(27)47(28)61)57-59-45-26(24-78(68,69)70)21-29-34(19-17-31(51)41(29)49(45)63)54-53-33-12-4-3-9-25(33)23-77(65,66)67/h3-22,63-64H,23-24,51-52H2,1-2H3,(H,65,66,67)(H,68,69,70). The Morgan fingerprint density at radius 1 is 0.438 bits per heavy atom. The summed E-state index contributed by atoms with van der Waals surface area (Å²) in [6.45, 7) is 0. The molecular formula is C50H38N10O16S4. The van der Waals surface area contributed by atoms with Gasteiger partial charge in [0.05, 0.1) is 64.6 Å². The number of fused-ring (bicyclic) bond motifs is 4. The molecule has 0 amide bonds. The van der Waals surface area contributed by atoms with Crippen molar-refractivity contribution in [2.24, 2.45) is 40.9 Å². The maximum Gasteiger partial charge on any atom is 0.299 e. The molecule has 8 aromatic rings. The van der Waals surface area contributed by atoms with Crippen molar-refractivity contribution in [1.82, 2.24) is 0 Å². The van der Waals surface area contributed by atoms with E-state index < -0.39 is 91.3 Å². The summed E-state index contributed by atoms with van der Waals surface area (Å²) in [5.41, 5.74) is 8.99. The first-order valence-corrected chi connectivity index (χ1v) is 28.7. The van der Waals surface area contributed by atoms with Crippen molar-refractivity contribution in [2.75, 3.05) is 25.7 Å². The molecular weight excluding hydrogens is 1120 g/mol. The molecule has 9 rings (SSSR count). The molecule has 0 unspecified atom stereocenters. The van der Waals surface area contributed by atoms with Crippen LogP contribution in [-0.4, -0.2) is 78.8 Å². The second kappa shape index (κ2) is 21.2. The Morgan fingerprint density at radius 3 is 1.39 bits per heavy atom. The van der Waals surface area contributed by atoms with Crippen LogP contribution in [0.1, 0.15) is 43.0 Å². The third kappa shape index (κ3) is 10.9. The van der Waals surface area contributed by atoms with Crippen molar-refractivity contribution in [3.63, 3.8) is 0 Å². The van der Waals surface area contributed by atoms with Gasteiger partial charge in [-0.15, -0.1) is 35.8 Å². The number of phenolic OH excluding ortho intramolecular Hbond substituents is 2. The molecule has 0 bridgehead atoms. The summed E-state index contributed by atoms with van der Waals surface area (Å²) < 4.78 is 129. The van der Waals surface area contributed by atoms with Crippen LogP contribution >= 0.6 is 0 Å². The van der Waals surface area contributed by atoms with E-state index in [2.05, 4.69) is 45.1 Å². The van der Waals surface area contributed by atoms with Crippen molar-refractivity contribution in [1.29, 1.82) is 0 Å². The SMILES string of the molecule is COS(=O)(=O)c1ccccc1N=Nc1ccc(N)c2c(O)c(N=Nc3cccc4c3C(=O)c3cccc(N=Nc5c(CS(=O)(=O)O)cc6c(N=Nc7ccccc7CS(=O)(=O)O)ccc(N)c6c5O)c3C4=O)c(S(=O)(=O)OC)cc12. The summed E-state index contributed by atoms with van der Waals surface area (Å²) in [6, 6.07) is 26.6. The molecule has 80 heavy (non-hydrogen) atoms. The predicted molar refractivity (Wildman–Crippen MR) is 288 cm³/mol. The minimum absolute atomic E-state index is 0.00839. The number of carbonyl (C=O) groups is 2. The van der Waals surface area contributed by atoms with Gasteiger partial charge in [-0.2, -0.15) is 38.8 Å². The second-order valence-corrected chi connectivity index (χ2v) is 23.4. The van der Waals surface area contributed by atoms with Crippen LogP contribution in [0.4, 0.5) is 56.9 Å². The van der Waals surface area contributed by atoms with E-state index >= 15 is 0 Å². The topological polar surface area (TPSA) is 421 Å². The molecule has 0 fully saturated rings. The number of aromatic hydroxyl groups is 2. The molecule has 26 nitrogen and oxygen atoms in total. The molecule has 8 aromatic carbocycles. The summed E-state index contributed by atoms with van der Waals surface area (Å²) >= 11 is 0. The van der Waals surface area contributed by atoms with Crippen molar-refractivity contribution < 1.29 is 70.9 Å². The Kier molecular flexibility index (Phi) is 14.8. The molecule has 0 radical (unpaired) electrons. The van der Waals surface area contributed by atoms with E-state index in [1.165, 1.54) is 115 Å². The monoisotopic (exact) mass is 1160 g/mol. The van der Waals surface area contributed by atoms with Gasteiger partial charge >= 0.3 is 0 Å². The summed E-state index contributed by atoms with van der Waals surface area (Å²) in [7, 11) is -16.6. The van der Waals surface area contributed by atoms with Crippen LogP contribution in [0.15, 0.2) is 172 Å². The third-order valence-corrected chi connectivity index (χ3v) is 16.1. The van der Waals surface area contributed by atoms with Crippen LogP contribution in [-0.2, 0) is 60.3 Å². The van der Waals surface area contributed by atoms with Crippen molar-refractivity contribution >= 4 is 130 Å². The highest BCUT2D eigenvalue weighted by Gasteiger charge is 2.35. The van der Waals surface area contributed by atoms with Gasteiger partial charge in [-0.25, -0.2) is 0 Å². The number of nitrogens with zero attached hydrogens (tertiary/aromatic N) is 8. The van der Waals surface area contributed by atoms with Crippen LogP contribution in [0.25, 0.3) is 21.5 Å². The lowest BCUT2D eigenvalue weighted by Gasteiger charge is -2.19. The van der Waals surface area contributed by atoms with Crippen LogP contribution < -0.4 is 11.5 Å². The van der Waals surface area contributed by atoms with Crippen LogP contribution in [0.3, 0.4) is 0 Å². The fraction of sp³-hybridized carbons (Fsp3) is 0.0800. The predicted octanol–water partition coefficient (Wildman–Crippen LogP) is 10.5. The minimum Gasteiger partial charge on any atom is -0.505 e. The number of carbonyl (C=O) groups excluding carboxylic acids is 2. The normalized spacial score (nSPS) is 13.4. The lowest BCUT2D eigenvalue weighted by Crippen LogP contribution is -2.21. The zero-order chi connectivity index (χ0) is 57.6. The molecule has 0 spiro atoms. The minimum atomic E-state index is -4.88. The van der Waals surface area contributed by atoms with Crippen LogP contribution in [0, 0.1) is 0 Å². The molecule has 0 saturated carbocycles. The molecule has 0 heterocycles. The highest BCUT2D eigenvalue weighted by molar-refractivity contribution is 7.87. The molecule has 0 aromatic heterocycles. The molecule has 0 atom stereocenters. The lowest BCUT2D eigenvalue weighted by molar-refractivity contribution is 0.0980. The van der Waals surface area contributed by atoms with Crippen LogP contribution in [0.5, 0.6) is 11.5 Å². The number of hydrogen-bond donors (Lipinski definition) is 6. The van der Waals surface area contributed by atoms with Crippen molar-refractivity contribution in [2.45, 2.75) is 21.3 Å². The number of ketones is 2. The summed E-state index contributed by atoms with van der Waals surface area (Å²) in [4.78, 5) is 27.9. The first-order valence-electron chi connectivity index (χ1n) is 22.7. The number of nitrogens with two attached hydrogens (primary N) is 2.